The lowest BCUT2D eigenvalue weighted by Crippen LogP contribution is -2.31. The fraction of sp³-hybridized carbons (Fsp3) is 0.111. The van der Waals surface area contributed by atoms with Crippen molar-refractivity contribution in [3.8, 4) is 50.9 Å². The summed E-state index contributed by atoms with van der Waals surface area (Å²) >= 11 is 0. The predicted octanol–water partition coefficient (Wildman–Crippen LogP) is 13.2. The van der Waals surface area contributed by atoms with Gasteiger partial charge in [-0.25, -0.2) is 4.98 Å². The molecule has 5 nitrogen and oxygen atoms in total. The number of benzene rings is 7. The van der Waals surface area contributed by atoms with Gasteiger partial charge < -0.3 is 4.74 Å². The predicted molar refractivity (Wildman–Crippen MR) is 241 cm³/mol. The van der Waals surface area contributed by atoms with Crippen LogP contribution in [0.4, 0.5) is 0 Å². The van der Waals surface area contributed by atoms with E-state index in [0.717, 1.165) is 27.4 Å². The average molecular weight is 777 g/mol. The van der Waals surface area contributed by atoms with Gasteiger partial charge in [0, 0.05) is 25.8 Å². The van der Waals surface area contributed by atoms with Crippen LogP contribution in [0.1, 0.15) is 55.3 Å². The maximum Gasteiger partial charge on any atom is 0.269 e. The van der Waals surface area contributed by atoms with E-state index in [1.807, 2.05) is 65.2 Å². The third kappa shape index (κ3) is 6.55. The lowest BCUT2D eigenvalue weighted by atomic mass is 9.86. The van der Waals surface area contributed by atoms with Crippen LogP contribution in [0, 0.1) is 6.33 Å². The van der Waals surface area contributed by atoms with Crippen molar-refractivity contribution in [2.24, 2.45) is 0 Å². The summed E-state index contributed by atoms with van der Waals surface area (Å²) in [5.74, 6) is 1.54. The van der Waals surface area contributed by atoms with E-state index in [4.69, 9.17) is 26.2 Å². The highest BCUT2D eigenvalue weighted by Crippen LogP contribution is 2.38. The smallest absolute Gasteiger partial charge is 0.269 e. The summed E-state index contributed by atoms with van der Waals surface area (Å²) in [6, 6.07) is 29.7. The molecule has 3 heterocycles. The molecule has 3 aromatic heterocycles. The number of hydrogen-bond acceptors (Lipinski definition) is 2. The zero-order chi connectivity index (χ0) is 50.6. The average Bonchev–Trinajstić information content (AvgIpc) is 3.89. The molecule has 0 saturated carbocycles. The monoisotopic (exact) mass is 776 g/mol. The van der Waals surface area contributed by atoms with Gasteiger partial charge in [0.1, 0.15) is 17.3 Å². The molecule has 0 unspecified atom stereocenters. The van der Waals surface area contributed by atoms with Gasteiger partial charge in [0.05, 0.1) is 47.1 Å². The molecule has 286 valence electrons. The SMILES string of the molecule is [2H]c1c([2H])c([2H])c(-c2cccc(-c3c([2H])c([2H])c([2H])c([2H])c3[2H])c2-[n+]2[c-]n(-c3cccc(Oc4ccc5c6cc(C(C)(C)C)ccc6n(-c6cc(C([2H])([2H])C)ccn6)c5c4)c3)c3ccccc32)c([2H])c1[2H]. The molecule has 0 aliphatic rings. The third-order valence-electron chi connectivity index (χ3n) is 10.5. The Morgan fingerprint density at radius 2 is 1.39 bits per heavy atom. The summed E-state index contributed by atoms with van der Waals surface area (Å²) in [6.07, 6.45) is 3.44. The van der Waals surface area contributed by atoms with Crippen molar-refractivity contribution in [2.45, 2.75) is 39.5 Å². The van der Waals surface area contributed by atoms with E-state index in [1.165, 1.54) is 6.92 Å². The van der Waals surface area contributed by atoms with Crippen molar-refractivity contribution in [3.05, 3.63) is 199 Å². The van der Waals surface area contributed by atoms with Crippen molar-refractivity contribution in [3.63, 3.8) is 0 Å². The summed E-state index contributed by atoms with van der Waals surface area (Å²) in [5, 5.41) is 1.97. The van der Waals surface area contributed by atoms with Gasteiger partial charge in [-0.15, -0.1) is 0 Å². The van der Waals surface area contributed by atoms with Crippen molar-refractivity contribution >= 4 is 32.8 Å². The minimum absolute atomic E-state index is 0.116. The lowest BCUT2D eigenvalue weighted by Gasteiger charge is -2.19. The van der Waals surface area contributed by atoms with Crippen molar-refractivity contribution in [1.82, 2.24) is 14.1 Å². The van der Waals surface area contributed by atoms with Crippen molar-refractivity contribution in [2.75, 3.05) is 0 Å². The van der Waals surface area contributed by atoms with Crippen LogP contribution in [-0.2, 0) is 11.8 Å². The van der Waals surface area contributed by atoms with Crippen molar-refractivity contribution in [1.29, 1.82) is 0 Å². The maximum absolute atomic E-state index is 9.01. The molecular weight excluding hydrogens is 721 g/mol. The Hall–Kier alpha value is -7.24. The van der Waals surface area contributed by atoms with Gasteiger partial charge in [0.2, 0.25) is 0 Å². The van der Waals surface area contributed by atoms with E-state index in [1.54, 1.807) is 51.7 Å². The van der Waals surface area contributed by atoms with Crippen LogP contribution in [0.15, 0.2) is 182 Å². The molecule has 0 spiro atoms. The highest BCUT2D eigenvalue weighted by molar-refractivity contribution is 6.09. The second kappa shape index (κ2) is 14.6. The first-order chi connectivity index (χ1) is 33.6. The Morgan fingerprint density at radius 1 is 0.678 bits per heavy atom. The van der Waals surface area contributed by atoms with E-state index >= 15 is 0 Å². The highest BCUT2D eigenvalue weighted by atomic mass is 16.5. The minimum Gasteiger partial charge on any atom is -0.458 e. The highest BCUT2D eigenvalue weighted by Gasteiger charge is 2.21. The molecule has 10 rings (SSSR count). The molecule has 0 N–H and O–H groups in total. The molecule has 0 amide bonds. The second-order valence-corrected chi connectivity index (χ2v) is 15.2. The van der Waals surface area contributed by atoms with Crippen LogP contribution in [0.2, 0.25) is 0 Å². The van der Waals surface area contributed by atoms with Crippen LogP contribution in [0.3, 0.4) is 0 Å². The van der Waals surface area contributed by atoms with Gasteiger partial charge in [-0.2, -0.15) is 0 Å². The molecule has 0 atom stereocenters. The van der Waals surface area contributed by atoms with Gasteiger partial charge in [0.15, 0.2) is 0 Å². The molecule has 10 aromatic rings. The van der Waals surface area contributed by atoms with Crippen molar-refractivity contribution < 1.29 is 25.8 Å². The fourth-order valence-electron chi connectivity index (χ4n) is 7.67. The summed E-state index contributed by atoms with van der Waals surface area (Å²) in [4.78, 5) is 4.72. The maximum atomic E-state index is 9.01. The Morgan fingerprint density at radius 3 is 2.12 bits per heavy atom. The number of pyridine rings is 1. The van der Waals surface area contributed by atoms with Gasteiger partial charge in [-0.3, -0.25) is 13.7 Å². The molecule has 0 fully saturated rings. The van der Waals surface area contributed by atoms with E-state index in [9.17, 15) is 0 Å². The normalized spacial score (nSPS) is 14.9. The van der Waals surface area contributed by atoms with E-state index in [0.29, 0.717) is 39.6 Å². The summed E-state index contributed by atoms with van der Waals surface area (Å²) in [6.45, 7) is 8.02. The van der Waals surface area contributed by atoms with Gasteiger partial charge >= 0.3 is 0 Å². The first kappa shape index (κ1) is 25.2. The molecule has 0 bridgehead atoms. The molecule has 7 aromatic carbocycles. The van der Waals surface area contributed by atoms with Crippen LogP contribution in [0.5, 0.6) is 11.5 Å². The molecule has 5 heteroatoms. The molecule has 0 radical (unpaired) electrons. The first-order valence-electron chi connectivity index (χ1n) is 25.2. The summed E-state index contributed by atoms with van der Waals surface area (Å²) in [5.41, 5.74) is 5.17. The van der Waals surface area contributed by atoms with Crippen LogP contribution in [0.25, 0.3) is 72.3 Å². The fourth-order valence-corrected chi connectivity index (χ4v) is 7.67. The summed E-state index contributed by atoms with van der Waals surface area (Å²) in [7, 11) is 0. The Balaban J connectivity index is 1.15. The van der Waals surface area contributed by atoms with E-state index in [-0.39, 0.29) is 33.4 Å². The summed E-state index contributed by atoms with van der Waals surface area (Å²) < 4.78 is 116. The topological polar surface area (TPSA) is 35.9 Å². The van der Waals surface area contributed by atoms with Crippen LogP contribution >= 0.6 is 0 Å². The zero-order valence-electron chi connectivity index (χ0n) is 44.7. The number of ether oxygens (including phenoxy) is 1. The molecule has 59 heavy (non-hydrogen) atoms. The lowest BCUT2D eigenvalue weighted by molar-refractivity contribution is -0.571. The largest absolute Gasteiger partial charge is 0.458 e. The Kier molecular flexibility index (Phi) is 6.24. The number of imidazole rings is 1. The van der Waals surface area contributed by atoms with Gasteiger partial charge in [-0.05, 0) is 99.8 Å². The number of para-hydroxylation sites is 3. The Labute approximate surface area is 361 Å². The van der Waals surface area contributed by atoms with Crippen LogP contribution < -0.4 is 9.30 Å². The first-order valence-corrected chi connectivity index (χ1v) is 19.2. The van der Waals surface area contributed by atoms with Gasteiger partial charge in [0.25, 0.3) is 6.33 Å². The minimum atomic E-state index is -1.60. The quantitative estimate of drug-likeness (QED) is 0.114. The standard InChI is InChI=1S/C54H44N4O/c1-5-37-30-31-55-52(32-37)58-48-29-26-40(54(2,3)4)33-47(48)46-28-27-43(35-51(46)58)59-42-21-14-20-41(34-42)56-36-57(50-25-13-12-24-49(50)56)53-44(38-16-8-6-9-17-38)22-15-23-45(53)39-18-10-7-11-19-39/h6-35H,5H2,1-4H3/i5D2,6D,7D,8D,9D,10D,11D,16D,17D,18D,19D. The van der Waals surface area contributed by atoms with Crippen LogP contribution in [-0.4, -0.2) is 14.1 Å². The second-order valence-electron chi connectivity index (χ2n) is 15.2. The van der Waals surface area contributed by atoms with E-state index < -0.39 is 66.8 Å². The van der Waals surface area contributed by atoms with E-state index in [2.05, 4.69) is 45.3 Å². The Bertz CT molecular complexity index is 3700. The number of hydrogen-bond donors (Lipinski definition) is 0. The van der Waals surface area contributed by atoms with Gasteiger partial charge in [-0.1, -0.05) is 143 Å². The molecule has 0 saturated heterocycles. The number of fused-ring (bicyclic) bond motifs is 4. The zero-order valence-corrected chi connectivity index (χ0v) is 32.7. The number of aryl methyl sites for hydroxylation is 1. The molecule has 0 aliphatic carbocycles. The third-order valence-corrected chi connectivity index (χ3v) is 10.5. The number of nitrogens with zero attached hydrogens (tertiary/aromatic N) is 4. The number of aromatic nitrogens is 4. The molecule has 0 aliphatic heterocycles. The molecular formula is C54H44N4O. The number of rotatable bonds is 8.